The van der Waals surface area contributed by atoms with Gasteiger partial charge in [-0.2, -0.15) is 0 Å². The molecule has 1 aliphatic heterocycles. The molecule has 2 aromatic carbocycles. The van der Waals surface area contributed by atoms with Gasteiger partial charge in [0.25, 0.3) is 0 Å². The summed E-state index contributed by atoms with van der Waals surface area (Å²) < 4.78 is 7.53. The number of benzene rings is 2. The zero-order chi connectivity index (χ0) is 18.8. The number of ether oxygens (including phenoxy) is 1. The van der Waals surface area contributed by atoms with E-state index in [4.69, 9.17) is 16.1 Å². The van der Waals surface area contributed by atoms with Crippen molar-refractivity contribution in [1.29, 1.82) is 0 Å². The number of imidazole rings is 1. The second-order valence-corrected chi connectivity index (χ2v) is 6.58. The molecule has 1 aromatic heterocycles. The van der Waals surface area contributed by atoms with Gasteiger partial charge in [0.2, 0.25) is 5.91 Å². The van der Waals surface area contributed by atoms with Crippen molar-refractivity contribution in [3.8, 4) is 18.1 Å². The van der Waals surface area contributed by atoms with Crippen LogP contribution in [-0.4, -0.2) is 28.6 Å². The molecule has 0 N–H and O–H groups in total. The molecule has 0 bridgehead atoms. The number of anilines is 1. The number of amides is 1. The lowest BCUT2D eigenvalue weighted by atomic mass is 10.1. The third-order valence-electron chi connectivity index (χ3n) is 4.88. The van der Waals surface area contributed by atoms with Crippen molar-refractivity contribution in [2.75, 3.05) is 18.1 Å². The Balaban J connectivity index is 1.63. The Hall–Kier alpha value is -3.26. The van der Waals surface area contributed by atoms with Gasteiger partial charge in [-0.05, 0) is 43.3 Å². The fraction of sp³-hybridized carbons (Fsp3) is 0.273. The van der Waals surface area contributed by atoms with Crippen molar-refractivity contribution in [2.24, 2.45) is 0 Å². The highest BCUT2D eigenvalue weighted by Crippen LogP contribution is 2.33. The summed E-state index contributed by atoms with van der Waals surface area (Å²) in [5, 5.41) is 0. The van der Waals surface area contributed by atoms with Gasteiger partial charge in [-0.1, -0.05) is 18.1 Å². The zero-order valence-electron chi connectivity index (χ0n) is 15.3. The molecule has 3 aromatic rings. The van der Waals surface area contributed by atoms with Crippen molar-refractivity contribution in [3.05, 3.63) is 54.4 Å². The zero-order valence-corrected chi connectivity index (χ0v) is 15.3. The second-order valence-electron chi connectivity index (χ2n) is 6.58. The van der Waals surface area contributed by atoms with Gasteiger partial charge in [-0.3, -0.25) is 4.79 Å². The van der Waals surface area contributed by atoms with Crippen LogP contribution in [0, 0.1) is 12.3 Å². The second kappa shape index (κ2) is 7.16. The minimum absolute atomic E-state index is 0.0184. The molecule has 5 heteroatoms. The van der Waals surface area contributed by atoms with E-state index in [9.17, 15) is 4.79 Å². The number of fused-ring (bicyclic) bond motifs is 1. The molecule has 0 spiro atoms. The molecule has 2 heterocycles. The Kier molecular flexibility index (Phi) is 4.55. The molecule has 0 aliphatic carbocycles. The molecule has 136 valence electrons. The number of hydrogen-bond acceptors (Lipinski definition) is 3. The molecule has 1 fully saturated rings. The summed E-state index contributed by atoms with van der Waals surface area (Å²) in [7, 11) is 0. The monoisotopic (exact) mass is 359 g/mol. The lowest BCUT2D eigenvalue weighted by Crippen LogP contribution is -2.24. The van der Waals surface area contributed by atoms with Crippen LogP contribution < -0.4 is 9.64 Å². The van der Waals surface area contributed by atoms with Gasteiger partial charge in [0, 0.05) is 24.6 Å². The van der Waals surface area contributed by atoms with Gasteiger partial charge in [0.15, 0.2) is 0 Å². The van der Waals surface area contributed by atoms with Crippen LogP contribution in [0.15, 0.2) is 48.5 Å². The standard InChI is InChI=1S/C22H21N3O2/c1-3-13-24-20-8-6-5-7-19(20)23-22(24)16-14-21(26)25(15-16)17-9-11-18(12-10-17)27-4-2/h1,5-12,16H,4,13-15H2,2H3/t16-/m1/s1. The maximum absolute atomic E-state index is 12.7. The molecular formula is C22H21N3O2. The Morgan fingerprint density at radius 2 is 2.00 bits per heavy atom. The number of carbonyl (C=O) groups excluding carboxylic acids is 1. The van der Waals surface area contributed by atoms with Gasteiger partial charge in [-0.25, -0.2) is 4.98 Å². The van der Waals surface area contributed by atoms with Gasteiger partial charge in [0.05, 0.1) is 24.2 Å². The van der Waals surface area contributed by atoms with E-state index in [1.165, 1.54) is 0 Å². The SMILES string of the molecule is C#CCn1c([C@@H]2CC(=O)N(c3ccc(OCC)cc3)C2)nc2ccccc21. The van der Waals surface area contributed by atoms with E-state index in [0.29, 0.717) is 26.1 Å². The van der Waals surface area contributed by atoms with Gasteiger partial charge in [-0.15, -0.1) is 6.42 Å². The number of para-hydroxylation sites is 2. The van der Waals surface area contributed by atoms with E-state index >= 15 is 0 Å². The summed E-state index contributed by atoms with van der Waals surface area (Å²) in [4.78, 5) is 19.3. The molecular weight excluding hydrogens is 338 g/mol. The fourth-order valence-electron chi connectivity index (χ4n) is 3.68. The molecule has 0 radical (unpaired) electrons. The van der Waals surface area contributed by atoms with E-state index in [1.807, 2.05) is 60.4 Å². The molecule has 1 saturated heterocycles. The first-order valence-corrected chi connectivity index (χ1v) is 9.13. The molecule has 4 rings (SSSR count). The predicted molar refractivity (Wildman–Crippen MR) is 106 cm³/mol. The van der Waals surface area contributed by atoms with Crippen molar-refractivity contribution in [3.63, 3.8) is 0 Å². The number of rotatable bonds is 5. The summed E-state index contributed by atoms with van der Waals surface area (Å²) in [5.74, 6) is 4.52. The number of carbonyl (C=O) groups is 1. The average Bonchev–Trinajstić information content (AvgIpc) is 3.24. The third-order valence-corrected chi connectivity index (χ3v) is 4.88. The van der Waals surface area contributed by atoms with E-state index in [-0.39, 0.29) is 11.8 Å². The Labute approximate surface area is 158 Å². The molecule has 1 aliphatic rings. The highest BCUT2D eigenvalue weighted by molar-refractivity contribution is 5.96. The predicted octanol–water partition coefficient (Wildman–Crippen LogP) is 3.59. The summed E-state index contributed by atoms with van der Waals surface area (Å²) in [6.45, 7) is 3.62. The largest absolute Gasteiger partial charge is 0.494 e. The minimum Gasteiger partial charge on any atom is -0.494 e. The van der Waals surface area contributed by atoms with Crippen LogP contribution in [0.1, 0.15) is 25.1 Å². The van der Waals surface area contributed by atoms with E-state index in [0.717, 1.165) is 28.3 Å². The Bertz CT molecular complexity index is 1010. The number of hydrogen-bond donors (Lipinski definition) is 0. The number of nitrogens with zero attached hydrogens (tertiary/aromatic N) is 3. The van der Waals surface area contributed by atoms with E-state index in [2.05, 4.69) is 10.5 Å². The molecule has 5 nitrogen and oxygen atoms in total. The van der Waals surface area contributed by atoms with Crippen LogP contribution in [0.2, 0.25) is 0 Å². The van der Waals surface area contributed by atoms with Crippen molar-refractivity contribution in [2.45, 2.75) is 25.8 Å². The van der Waals surface area contributed by atoms with Crippen LogP contribution >= 0.6 is 0 Å². The summed E-state index contributed by atoms with van der Waals surface area (Å²) in [6, 6.07) is 15.6. The van der Waals surface area contributed by atoms with Gasteiger partial charge < -0.3 is 14.2 Å². The molecule has 27 heavy (non-hydrogen) atoms. The average molecular weight is 359 g/mol. The highest BCUT2D eigenvalue weighted by Gasteiger charge is 2.34. The van der Waals surface area contributed by atoms with Crippen molar-refractivity contribution in [1.82, 2.24) is 9.55 Å². The smallest absolute Gasteiger partial charge is 0.227 e. The topological polar surface area (TPSA) is 47.4 Å². The molecule has 0 saturated carbocycles. The Morgan fingerprint density at radius 1 is 1.22 bits per heavy atom. The van der Waals surface area contributed by atoms with Crippen LogP contribution in [-0.2, 0) is 11.3 Å². The number of terminal acetylenes is 1. The van der Waals surface area contributed by atoms with Crippen LogP contribution in [0.3, 0.4) is 0 Å². The first-order valence-electron chi connectivity index (χ1n) is 9.13. The number of aromatic nitrogens is 2. The quantitative estimate of drug-likeness (QED) is 0.654. The summed E-state index contributed by atoms with van der Waals surface area (Å²) in [6.07, 6.45) is 6.01. The minimum atomic E-state index is 0.0184. The summed E-state index contributed by atoms with van der Waals surface area (Å²) >= 11 is 0. The van der Waals surface area contributed by atoms with Crippen LogP contribution in [0.5, 0.6) is 5.75 Å². The van der Waals surface area contributed by atoms with Crippen LogP contribution in [0.4, 0.5) is 5.69 Å². The maximum atomic E-state index is 12.7. The molecule has 1 atom stereocenters. The summed E-state index contributed by atoms with van der Waals surface area (Å²) in [5.41, 5.74) is 2.80. The first kappa shape index (κ1) is 17.2. The lowest BCUT2D eigenvalue weighted by molar-refractivity contribution is -0.117. The van der Waals surface area contributed by atoms with Crippen molar-refractivity contribution < 1.29 is 9.53 Å². The lowest BCUT2D eigenvalue weighted by Gasteiger charge is -2.17. The normalized spacial score (nSPS) is 16.7. The molecule has 1 amide bonds. The third kappa shape index (κ3) is 3.15. The van der Waals surface area contributed by atoms with E-state index in [1.54, 1.807) is 0 Å². The molecule has 0 unspecified atom stereocenters. The van der Waals surface area contributed by atoms with Crippen molar-refractivity contribution >= 4 is 22.6 Å². The van der Waals surface area contributed by atoms with Gasteiger partial charge >= 0.3 is 0 Å². The highest BCUT2D eigenvalue weighted by atomic mass is 16.5. The Morgan fingerprint density at radius 3 is 2.74 bits per heavy atom. The fourth-order valence-corrected chi connectivity index (χ4v) is 3.68. The van der Waals surface area contributed by atoms with E-state index < -0.39 is 0 Å². The first-order chi connectivity index (χ1) is 13.2. The van der Waals surface area contributed by atoms with Gasteiger partial charge in [0.1, 0.15) is 11.6 Å². The van der Waals surface area contributed by atoms with Crippen LogP contribution in [0.25, 0.3) is 11.0 Å². The maximum Gasteiger partial charge on any atom is 0.227 e.